The molecule has 1 saturated carbocycles. The second-order valence-corrected chi connectivity index (χ2v) is 11.9. The first-order valence-electron chi connectivity index (χ1n) is 12.6. The minimum absolute atomic E-state index is 0.0140. The SMILES string of the molecule is C[C@@H](c1ccc2c(c1)CC[C@H]1[C@H]2[C@@H]2O[C@@H]2[C@@]2(O)CC=CC(=O)[C@]12C)[C@H](O)C[C@]1(C)O[C@]1(C)C=O. The van der Waals surface area contributed by atoms with E-state index < -0.39 is 28.3 Å². The lowest BCUT2D eigenvalue weighted by atomic mass is 9.48. The molecule has 6 rings (SSSR count). The van der Waals surface area contributed by atoms with E-state index in [2.05, 4.69) is 18.2 Å². The maximum atomic E-state index is 13.1. The first-order chi connectivity index (χ1) is 16.0. The van der Waals surface area contributed by atoms with Crippen LogP contribution >= 0.6 is 0 Å². The molecule has 10 atom stereocenters. The van der Waals surface area contributed by atoms with Gasteiger partial charge in [-0.1, -0.05) is 31.2 Å². The Morgan fingerprint density at radius 2 is 2.03 bits per heavy atom. The Labute approximate surface area is 200 Å². The van der Waals surface area contributed by atoms with Crippen molar-refractivity contribution in [3.63, 3.8) is 0 Å². The molecular weight excluding hydrogens is 432 g/mol. The molecule has 2 saturated heterocycles. The van der Waals surface area contributed by atoms with Gasteiger partial charge in [0.1, 0.15) is 22.9 Å². The number of rotatable bonds is 5. The van der Waals surface area contributed by atoms with E-state index in [1.54, 1.807) is 19.1 Å². The molecule has 1 aromatic carbocycles. The lowest BCUT2D eigenvalue weighted by Crippen LogP contribution is -2.65. The highest BCUT2D eigenvalue weighted by molar-refractivity contribution is 5.97. The van der Waals surface area contributed by atoms with Crippen LogP contribution in [0.15, 0.2) is 30.4 Å². The van der Waals surface area contributed by atoms with E-state index in [-0.39, 0.29) is 35.7 Å². The van der Waals surface area contributed by atoms with Crippen LogP contribution in [0.4, 0.5) is 0 Å². The third-order valence-electron chi connectivity index (χ3n) is 10.3. The molecule has 0 aromatic heterocycles. The van der Waals surface area contributed by atoms with Crippen LogP contribution in [0.2, 0.25) is 0 Å². The largest absolute Gasteiger partial charge is 0.392 e. The number of ketones is 1. The molecular formula is C28H34O6. The van der Waals surface area contributed by atoms with Crippen molar-refractivity contribution in [3.8, 4) is 0 Å². The van der Waals surface area contributed by atoms with Crippen molar-refractivity contribution in [2.45, 2.75) is 100 Å². The Balaban J connectivity index is 1.27. The van der Waals surface area contributed by atoms with Gasteiger partial charge in [0.15, 0.2) is 12.1 Å². The predicted molar refractivity (Wildman–Crippen MR) is 124 cm³/mol. The molecule has 0 radical (unpaired) electrons. The molecule has 2 N–H and O–H groups in total. The number of hydrogen-bond donors (Lipinski definition) is 2. The number of carbonyl (C=O) groups excluding carboxylic acids is 2. The van der Waals surface area contributed by atoms with Gasteiger partial charge >= 0.3 is 0 Å². The Bertz CT molecular complexity index is 1110. The van der Waals surface area contributed by atoms with Gasteiger partial charge in [0, 0.05) is 18.3 Å². The summed E-state index contributed by atoms with van der Waals surface area (Å²) in [6.45, 7) is 7.60. The molecule has 3 fully saturated rings. The predicted octanol–water partition coefficient (Wildman–Crippen LogP) is 2.98. The number of fused-ring (bicyclic) bond motifs is 8. The van der Waals surface area contributed by atoms with Gasteiger partial charge in [0.2, 0.25) is 0 Å². The highest BCUT2D eigenvalue weighted by Gasteiger charge is 2.75. The van der Waals surface area contributed by atoms with Crippen LogP contribution in [0.1, 0.15) is 75.5 Å². The molecule has 0 unspecified atom stereocenters. The highest BCUT2D eigenvalue weighted by atomic mass is 16.6. The monoisotopic (exact) mass is 466 g/mol. The van der Waals surface area contributed by atoms with Crippen molar-refractivity contribution in [1.82, 2.24) is 0 Å². The second-order valence-electron chi connectivity index (χ2n) is 11.9. The number of hydrogen-bond acceptors (Lipinski definition) is 6. The maximum Gasteiger partial charge on any atom is 0.164 e. The Kier molecular flexibility index (Phi) is 4.57. The number of aliphatic hydroxyl groups excluding tert-OH is 1. The summed E-state index contributed by atoms with van der Waals surface area (Å²) in [7, 11) is 0. The van der Waals surface area contributed by atoms with Crippen LogP contribution in [0.3, 0.4) is 0 Å². The first-order valence-corrected chi connectivity index (χ1v) is 12.6. The van der Waals surface area contributed by atoms with E-state index in [0.717, 1.165) is 24.7 Å². The molecule has 6 heteroatoms. The van der Waals surface area contributed by atoms with E-state index >= 15 is 0 Å². The first kappa shape index (κ1) is 22.6. The van der Waals surface area contributed by atoms with Crippen LogP contribution in [0.5, 0.6) is 0 Å². The van der Waals surface area contributed by atoms with E-state index in [4.69, 9.17) is 9.47 Å². The number of epoxide rings is 2. The van der Waals surface area contributed by atoms with Gasteiger partial charge in [-0.15, -0.1) is 0 Å². The van der Waals surface area contributed by atoms with Crippen molar-refractivity contribution in [2.24, 2.45) is 11.3 Å². The van der Waals surface area contributed by atoms with Crippen LogP contribution in [-0.2, 0) is 25.5 Å². The van der Waals surface area contributed by atoms with Crippen molar-refractivity contribution >= 4 is 12.1 Å². The molecule has 0 amide bonds. The smallest absolute Gasteiger partial charge is 0.164 e. The topological polar surface area (TPSA) is 99.7 Å². The fraction of sp³-hybridized carbons (Fsp3) is 0.643. The maximum absolute atomic E-state index is 13.1. The second kappa shape index (κ2) is 6.88. The number of benzene rings is 1. The van der Waals surface area contributed by atoms with E-state index in [1.807, 2.05) is 20.8 Å². The van der Waals surface area contributed by atoms with E-state index in [1.165, 1.54) is 11.1 Å². The fourth-order valence-corrected chi connectivity index (χ4v) is 7.49. The molecule has 34 heavy (non-hydrogen) atoms. The number of aryl methyl sites for hydroxylation is 1. The van der Waals surface area contributed by atoms with Crippen molar-refractivity contribution < 1.29 is 29.3 Å². The summed E-state index contributed by atoms with van der Waals surface area (Å²) < 4.78 is 11.7. The number of aldehydes is 1. The summed E-state index contributed by atoms with van der Waals surface area (Å²) in [6.07, 6.45) is 5.80. The van der Waals surface area contributed by atoms with Crippen LogP contribution in [0.25, 0.3) is 0 Å². The van der Waals surface area contributed by atoms with Gasteiger partial charge < -0.3 is 24.5 Å². The fourth-order valence-electron chi connectivity index (χ4n) is 7.49. The quantitative estimate of drug-likeness (QED) is 0.511. The molecule has 6 nitrogen and oxygen atoms in total. The van der Waals surface area contributed by atoms with E-state index in [0.29, 0.717) is 12.8 Å². The van der Waals surface area contributed by atoms with Crippen molar-refractivity contribution in [3.05, 3.63) is 47.0 Å². The molecule has 182 valence electrons. The summed E-state index contributed by atoms with van der Waals surface area (Å²) in [5, 5.41) is 22.5. The average Bonchev–Trinajstić information content (AvgIpc) is 3.71. The number of ether oxygens (including phenoxy) is 2. The van der Waals surface area contributed by atoms with Gasteiger partial charge in [0.25, 0.3) is 0 Å². The molecule has 2 heterocycles. The van der Waals surface area contributed by atoms with Crippen LogP contribution < -0.4 is 0 Å². The standard InChI is InChI=1S/C28H34O6/c1-15(20(30)13-25(2)26(3,14-29)34-25)16-7-9-18-17(12-16)8-10-19-22(18)23-24(33-23)28(32)11-5-6-21(31)27(19,28)4/h5-7,9,12,14-15,19-20,22-24,30,32H,8,10-11,13H2,1-4H3/t15-,19-,20+,22-,23-,24-,25-,26+,27-,28-/m0/s1. The molecule has 3 aliphatic carbocycles. The van der Waals surface area contributed by atoms with Gasteiger partial charge in [-0.05, 0) is 68.7 Å². The lowest BCUT2D eigenvalue weighted by molar-refractivity contribution is -0.164. The lowest BCUT2D eigenvalue weighted by Gasteiger charge is -2.55. The Morgan fingerprint density at radius 3 is 2.74 bits per heavy atom. The minimum Gasteiger partial charge on any atom is -0.392 e. The summed E-state index contributed by atoms with van der Waals surface area (Å²) >= 11 is 0. The molecule has 0 spiro atoms. The average molecular weight is 467 g/mol. The summed E-state index contributed by atoms with van der Waals surface area (Å²) in [6, 6.07) is 6.41. The Hall–Kier alpha value is -1.86. The summed E-state index contributed by atoms with van der Waals surface area (Å²) in [5.74, 6) is 0.0351. The van der Waals surface area contributed by atoms with Crippen LogP contribution in [0, 0.1) is 11.3 Å². The number of aliphatic hydroxyl groups is 2. The summed E-state index contributed by atoms with van der Waals surface area (Å²) in [5.41, 5.74) is 0.108. The Morgan fingerprint density at radius 1 is 1.26 bits per heavy atom. The van der Waals surface area contributed by atoms with Gasteiger partial charge in [-0.3, -0.25) is 4.79 Å². The minimum atomic E-state index is -1.13. The highest BCUT2D eigenvalue weighted by Crippen LogP contribution is 2.66. The molecule has 1 aromatic rings. The van der Waals surface area contributed by atoms with Gasteiger partial charge in [-0.25, -0.2) is 0 Å². The molecule has 0 bridgehead atoms. The third-order valence-corrected chi connectivity index (χ3v) is 10.3. The third kappa shape index (κ3) is 2.71. The van der Waals surface area contributed by atoms with Crippen LogP contribution in [-0.4, -0.2) is 57.4 Å². The zero-order valence-electron chi connectivity index (χ0n) is 20.3. The normalized spacial score (nSPS) is 47.5. The van der Waals surface area contributed by atoms with Gasteiger partial charge in [-0.2, -0.15) is 0 Å². The van der Waals surface area contributed by atoms with E-state index in [9.17, 15) is 19.8 Å². The molecule has 5 aliphatic rings. The number of allylic oxidation sites excluding steroid dienone is 1. The zero-order valence-corrected chi connectivity index (χ0v) is 20.3. The summed E-state index contributed by atoms with van der Waals surface area (Å²) in [4.78, 5) is 24.5. The van der Waals surface area contributed by atoms with Crippen molar-refractivity contribution in [2.75, 3.05) is 0 Å². The van der Waals surface area contributed by atoms with Gasteiger partial charge in [0.05, 0.1) is 17.6 Å². The number of carbonyl (C=O) groups is 2. The van der Waals surface area contributed by atoms with Crippen molar-refractivity contribution in [1.29, 1.82) is 0 Å². The zero-order chi connectivity index (χ0) is 24.3. The molecule has 2 aliphatic heterocycles.